The smallest absolute Gasteiger partial charge is 0.304 e. The zero-order valence-corrected chi connectivity index (χ0v) is 12.3. The molecule has 0 fully saturated rings. The van der Waals surface area contributed by atoms with Crippen molar-refractivity contribution < 1.29 is 29.7 Å². The Hall–Kier alpha value is -1.51. The van der Waals surface area contributed by atoms with Gasteiger partial charge in [0.15, 0.2) is 12.1 Å². The molecule has 122 valence electrons. The van der Waals surface area contributed by atoms with Crippen LogP contribution in [0.15, 0.2) is 0 Å². The molecule has 0 spiro atoms. The fourth-order valence-electron chi connectivity index (χ4n) is 1.82. The minimum Gasteiger partial charge on any atom is -0.481 e. The van der Waals surface area contributed by atoms with Gasteiger partial charge in [-0.25, -0.2) is 0 Å². The summed E-state index contributed by atoms with van der Waals surface area (Å²) in [5.41, 5.74) is 0. The fourth-order valence-corrected chi connectivity index (χ4v) is 1.82. The van der Waals surface area contributed by atoms with Crippen molar-refractivity contribution in [1.29, 1.82) is 0 Å². The molecular formula is C13H24N2O6. The van der Waals surface area contributed by atoms with Crippen LogP contribution < -0.4 is 10.6 Å². The molecule has 0 rings (SSSR count). The van der Waals surface area contributed by atoms with Gasteiger partial charge in [-0.15, -0.1) is 0 Å². The number of nitrogens with one attached hydrogen (secondary N) is 2. The van der Waals surface area contributed by atoms with Crippen LogP contribution in [0.25, 0.3) is 0 Å². The summed E-state index contributed by atoms with van der Waals surface area (Å²) >= 11 is 0. The summed E-state index contributed by atoms with van der Waals surface area (Å²) in [5.74, 6) is -1.58. The van der Waals surface area contributed by atoms with Crippen molar-refractivity contribution in [2.75, 3.05) is 7.05 Å². The predicted molar refractivity (Wildman–Crippen MR) is 74.4 cm³/mol. The zero-order chi connectivity index (χ0) is 16.4. The molecule has 2 atom stereocenters. The van der Waals surface area contributed by atoms with Gasteiger partial charge in [0.05, 0.1) is 12.5 Å². The number of carboxylic acid groups (broad SMARTS) is 1. The lowest BCUT2D eigenvalue weighted by Crippen LogP contribution is -2.41. The first-order valence-corrected chi connectivity index (χ1v) is 6.81. The molecule has 0 aromatic rings. The van der Waals surface area contributed by atoms with Crippen molar-refractivity contribution in [2.24, 2.45) is 0 Å². The van der Waals surface area contributed by atoms with E-state index in [4.69, 9.17) is 15.3 Å². The van der Waals surface area contributed by atoms with Crippen molar-refractivity contribution in [3.8, 4) is 0 Å². The molecule has 21 heavy (non-hydrogen) atoms. The second-order valence-electron chi connectivity index (χ2n) is 4.91. The summed E-state index contributed by atoms with van der Waals surface area (Å²) in [6.07, 6.45) is -1.05. The Bertz CT molecular complexity index is 359. The van der Waals surface area contributed by atoms with Gasteiger partial charge in [-0.05, 0) is 26.8 Å². The largest absolute Gasteiger partial charge is 0.481 e. The second-order valence-corrected chi connectivity index (χ2v) is 4.91. The molecule has 0 aliphatic heterocycles. The van der Waals surface area contributed by atoms with Gasteiger partial charge in [0, 0.05) is 18.9 Å². The molecule has 2 unspecified atom stereocenters. The van der Waals surface area contributed by atoms with Gasteiger partial charge >= 0.3 is 5.97 Å². The monoisotopic (exact) mass is 304 g/mol. The van der Waals surface area contributed by atoms with E-state index in [-0.39, 0.29) is 43.4 Å². The molecular weight excluding hydrogens is 280 g/mol. The number of ketones is 1. The number of amides is 1. The maximum atomic E-state index is 11.7. The molecule has 0 aromatic carbocycles. The molecule has 8 nitrogen and oxygen atoms in total. The number of Topliss-reactive ketones (excluding diaryl/α,β-unsaturated/α-hetero) is 1. The molecule has 0 heterocycles. The number of aliphatic hydroxyl groups excluding tert-OH is 1. The molecule has 1 amide bonds. The van der Waals surface area contributed by atoms with E-state index in [0.717, 1.165) is 0 Å². The quantitative estimate of drug-likeness (QED) is 0.309. The summed E-state index contributed by atoms with van der Waals surface area (Å²) < 4.78 is 0. The number of carboxylic acids is 1. The van der Waals surface area contributed by atoms with Crippen LogP contribution in [0, 0.1) is 0 Å². The Balaban J connectivity index is 4.24. The van der Waals surface area contributed by atoms with Gasteiger partial charge in [-0.1, -0.05) is 0 Å². The lowest BCUT2D eigenvalue weighted by molar-refractivity contribution is -0.137. The molecule has 0 aliphatic rings. The van der Waals surface area contributed by atoms with Crippen LogP contribution in [0.5, 0.6) is 0 Å². The number of rotatable bonds is 11. The standard InChI is InChI=1S/C13H24N2O6/c1-8(16)10(4-6-12(18)19)15-11(17)5-3-9(14-2)7-13(20)21/h9-10,12,14,18-19H,3-7H2,1-2H3,(H,15,17)(H,20,21). The molecule has 8 heteroatoms. The third-order valence-electron chi connectivity index (χ3n) is 3.09. The van der Waals surface area contributed by atoms with Gasteiger partial charge in [0.2, 0.25) is 5.91 Å². The molecule has 0 saturated carbocycles. The van der Waals surface area contributed by atoms with E-state index in [1.165, 1.54) is 6.92 Å². The Morgan fingerprint density at radius 3 is 2.14 bits per heavy atom. The van der Waals surface area contributed by atoms with Gasteiger partial charge < -0.3 is 26.0 Å². The second kappa shape index (κ2) is 10.3. The van der Waals surface area contributed by atoms with Crippen molar-refractivity contribution in [2.45, 2.75) is 57.4 Å². The highest BCUT2D eigenvalue weighted by Gasteiger charge is 2.19. The van der Waals surface area contributed by atoms with Crippen LogP contribution >= 0.6 is 0 Å². The summed E-state index contributed by atoms with van der Waals surface area (Å²) in [6.45, 7) is 1.32. The van der Waals surface area contributed by atoms with E-state index in [1.54, 1.807) is 7.05 Å². The van der Waals surface area contributed by atoms with Crippen molar-refractivity contribution in [3.05, 3.63) is 0 Å². The van der Waals surface area contributed by atoms with E-state index in [1.807, 2.05) is 0 Å². The van der Waals surface area contributed by atoms with Gasteiger partial charge in [-0.3, -0.25) is 14.4 Å². The lowest BCUT2D eigenvalue weighted by Gasteiger charge is -2.18. The summed E-state index contributed by atoms with van der Waals surface area (Å²) in [7, 11) is 1.62. The summed E-state index contributed by atoms with van der Waals surface area (Å²) in [5, 5.41) is 31.6. The molecule has 0 aliphatic carbocycles. The number of aliphatic hydroxyl groups is 2. The SMILES string of the molecule is CNC(CCC(=O)NC(CCC(O)O)C(C)=O)CC(=O)O. The summed E-state index contributed by atoms with van der Waals surface area (Å²) in [4.78, 5) is 33.7. The highest BCUT2D eigenvalue weighted by molar-refractivity contribution is 5.87. The first-order valence-electron chi connectivity index (χ1n) is 6.81. The molecule has 5 N–H and O–H groups in total. The van der Waals surface area contributed by atoms with E-state index in [9.17, 15) is 14.4 Å². The maximum absolute atomic E-state index is 11.7. The van der Waals surface area contributed by atoms with Crippen LogP contribution in [-0.4, -0.2) is 58.4 Å². The molecule has 0 aromatic heterocycles. The Morgan fingerprint density at radius 2 is 1.71 bits per heavy atom. The number of hydrogen-bond acceptors (Lipinski definition) is 6. The summed E-state index contributed by atoms with van der Waals surface area (Å²) in [6, 6.07) is -1.07. The Morgan fingerprint density at radius 1 is 1.10 bits per heavy atom. The van der Waals surface area contributed by atoms with E-state index in [2.05, 4.69) is 10.6 Å². The number of carbonyl (C=O) groups excluding carboxylic acids is 2. The Kier molecular flexibility index (Phi) is 9.51. The van der Waals surface area contributed by atoms with Crippen LogP contribution in [0.4, 0.5) is 0 Å². The number of aliphatic carboxylic acids is 1. The average Bonchev–Trinajstić information content (AvgIpc) is 2.38. The van der Waals surface area contributed by atoms with Crippen molar-refractivity contribution >= 4 is 17.7 Å². The van der Waals surface area contributed by atoms with Crippen LogP contribution in [0.3, 0.4) is 0 Å². The van der Waals surface area contributed by atoms with E-state index in [0.29, 0.717) is 6.42 Å². The predicted octanol–water partition coefficient (Wildman–Crippen LogP) is -1.01. The third kappa shape index (κ3) is 9.94. The minimum atomic E-state index is -1.52. The first-order chi connectivity index (χ1) is 9.76. The highest BCUT2D eigenvalue weighted by Crippen LogP contribution is 2.05. The third-order valence-corrected chi connectivity index (χ3v) is 3.09. The van der Waals surface area contributed by atoms with E-state index >= 15 is 0 Å². The normalized spacial score (nSPS) is 13.8. The van der Waals surface area contributed by atoms with Gasteiger partial charge in [-0.2, -0.15) is 0 Å². The van der Waals surface area contributed by atoms with Gasteiger partial charge in [0.1, 0.15) is 0 Å². The maximum Gasteiger partial charge on any atom is 0.304 e. The molecule has 0 saturated heterocycles. The van der Waals surface area contributed by atoms with Crippen LogP contribution in [0.2, 0.25) is 0 Å². The van der Waals surface area contributed by atoms with E-state index < -0.39 is 18.3 Å². The topological polar surface area (TPSA) is 136 Å². The van der Waals surface area contributed by atoms with Crippen molar-refractivity contribution in [1.82, 2.24) is 10.6 Å². The van der Waals surface area contributed by atoms with Crippen LogP contribution in [-0.2, 0) is 14.4 Å². The molecule has 0 bridgehead atoms. The zero-order valence-electron chi connectivity index (χ0n) is 12.3. The average molecular weight is 304 g/mol. The fraction of sp³-hybridized carbons (Fsp3) is 0.769. The lowest BCUT2D eigenvalue weighted by atomic mass is 10.1. The van der Waals surface area contributed by atoms with Gasteiger partial charge in [0.25, 0.3) is 0 Å². The minimum absolute atomic E-state index is 0.0112. The number of carbonyl (C=O) groups is 3. The molecule has 0 radical (unpaired) electrons. The number of hydrogen-bond donors (Lipinski definition) is 5. The highest BCUT2D eigenvalue weighted by atomic mass is 16.5. The Labute approximate surface area is 123 Å². The van der Waals surface area contributed by atoms with Crippen molar-refractivity contribution in [3.63, 3.8) is 0 Å². The van der Waals surface area contributed by atoms with Crippen LogP contribution in [0.1, 0.15) is 39.0 Å². The first kappa shape index (κ1) is 19.5.